The molecule has 0 amide bonds. The van der Waals surface area contributed by atoms with E-state index in [-0.39, 0.29) is 5.41 Å². The fourth-order valence-corrected chi connectivity index (χ4v) is 8.85. The molecule has 0 saturated heterocycles. The summed E-state index contributed by atoms with van der Waals surface area (Å²) >= 11 is 0. The van der Waals surface area contributed by atoms with Crippen LogP contribution >= 0.6 is 0 Å². The summed E-state index contributed by atoms with van der Waals surface area (Å²) in [6.07, 6.45) is 0. The maximum atomic E-state index is 6.81. The minimum atomic E-state index is -0.312. The van der Waals surface area contributed by atoms with E-state index >= 15 is 0 Å². The van der Waals surface area contributed by atoms with Gasteiger partial charge in [-0.1, -0.05) is 133 Å². The molecule has 8 aromatic carbocycles. The number of anilines is 3. The minimum absolute atomic E-state index is 0.312. The van der Waals surface area contributed by atoms with Gasteiger partial charge >= 0.3 is 0 Å². The van der Waals surface area contributed by atoms with Gasteiger partial charge in [-0.3, -0.25) is 0 Å². The van der Waals surface area contributed by atoms with Gasteiger partial charge in [0, 0.05) is 21.9 Å². The van der Waals surface area contributed by atoms with Crippen molar-refractivity contribution in [1.29, 1.82) is 0 Å². The van der Waals surface area contributed by atoms with E-state index in [1.54, 1.807) is 0 Å². The fourth-order valence-electron chi connectivity index (χ4n) is 8.85. The highest BCUT2D eigenvalue weighted by Gasteiger charge is 2.40. The van der Waals surface area contributed by atoms with Crippen LogP contribution in [-0.2, 0) is 5.41 Å². The lowest BCUT2D eigenvalue weighted by molar-refractivity contribution is 0.662. The second-order valence-electron chi connectivity index (χ2n) is 14.2. The van der Waals surface area contributed by atoms with E-state index in [2.05, 4.69) is 182 Å². The Balaban J connectivity index is 1.14. The van der Waals surface area contributed by atoms with Crippen LogP contribution in [-0.4, -0.2) is 0 Å². The van der Waals surface area contributed by atoms with Crippen molar-refractivity contribution in [2.75, 3.05) is 4.90 Å². The number of rotatable bonds is 5. The molecule has 11 rings (SSSR count). The molecule has 53 heavy (non-hydrogen) atoms. The average Bonchev–Trinajstić information content (AvgIpc) is 3.88. The van der Waals surface area contributed by atoms with Gasteiger partial charge in [-0.2, -0.15) is 0 Å². The Morgan fingerprint density at radius 1 is 0.415 bits per heavy atom. The summed E-state index contributed by atoms with van der Waals surface area (Å²) in [6, 6.07) is 64.9. The molecule has 3 nitrogen and oxygen atoms in total. The van der Waals surface area contributed by atoms with E-state index in [1.165, 1.54) is 38.9 Å². The zero-order chi connectivity index (χ0) is 35.1. The normalized spacial score (nSPS) is 13.2. The number of nitrogens with zero attached hydrogens (tertiary/aromatic N) is 1. The number of furan rings is 2. The zero-order valence-corrected chi connectivity index (χ0v) is 29.1. The van der Waals surface area contributed by atoms with Crippen LogP contribution in [0.3, 0.4) is 0 Å². The van der Waals surface area contributed by atoms with E-state index in [1.807, 2.05) is 12.1 Å². The third-order valence-electron chi connectivity index (χ3n) is 11.4. The van der Waals surface area contributed by atoms with E-state index in [9.17, 15) is 0 Å². The van der Waals surface area contributed by atoms with Crippen LogP contribution in [0, 0.1) is 0 Å². The van der Waals surface area contributed by atoms with Crippen molar-refractivity contribution in [1.82, 2.24) is 0 Å². The quantitative estimate of drug-likeness (QED) is 0.181. The number of para-hydroxylation sites is 1. The van der Waals surface area contributed by atoms with Crippen molar-refractivity contribution >= 4 is 60.9 Å². The van der Waals surface area contributed by atoms with Gasteiger partial charge < -0.3 is 13.7 Å². The largest absolute Gasteiger partial charge is 0.456 e. The van der Waals surface area contributed by atoms with Crippen LogP contribution in [0.25, 0.3) is 66.1 Å². The van der Waals surface area contributed by atoms with Crippen molar-refractivity contribution in [2.24, 2.45) is 0 Å². The van der Waals surface area contributed by atoms with Crippen molar-refractivity contribution in [3.05, 3.63) is 199 Å². The molecule has 1 aliphatic rings. The van der Waals surface area contributed by atoms with Gasteiger partial charge in [0.1, 0.15) is 22.3 Å². The van der Waals surface area contributed by atoms with E-state index in [4.69, 9.17) is 8.83 Å². The van der Waals surface area contributed by atoms with Gasteiger partial charge in [0.05, 0.1) is 22.1 Å². The fraction of sp³-hybridized carbons (Fsp3) is 0.0400. The van der Waals surface area contributed by atoms with Gasteiger partial charge in [0.15, 0.2) is 0 Å². The molecule has 2 aromatic heterocycles. The summed E-state index contributed by atoms with van der Waals surface area (Å²) in [6.45, 7) is 2.35. The zero-order valence-electron chi connectivity index (χ0n) is 29.1. The standard InChI is InChI=1S/C50H33NO2/c1-50(40-18-8-5-15-36(40)37-16-6-9-19-41(37)50)34-27-30-39-47(31-34)53-46-24-12-21-43(49(39)46)51(35-28-25-33(26-29-35)32-13-3-2-4-14-32)42-20-11-23-45-48(42)38-17-7-10-22-44(38)52-45/h2-31H,1H3. The van der Waals surface area contributed by atoms with Crippen LogP contribution in [0.2, 0.25) is 0 Å². The molecule has 0 bridgehead atoms. The smallest absolute Gasteiger partial charge is 0.137 e. The Hall–Kier alpha value is -6.84. The van der Waals surface area contributed by atoms with Gasteiger partial charge in [-0.15, -0.1) is 0 Å². The molecule has 0 saturated carbocycles. The number of hydrogen-bond donors (Lipinski definition) is 0. The lowest BCUT2D eigenvalue weighted by Crippen LogP contribution is -2.22. The molecule has 0 N–H and O–H groups in total. The average molecular weight is 680 g/mol. The maximum Gasteiger partial charge on any atom is 0.137 e. The third-order valence-corrected chi connectivity index (χ3v) is 11.4. The molecule has 0 spiro atoms. The Morgan fingerprint density at radius 3 is 1.62 bits per heavy atom. The molecule has 0 radical (unpaired) electrons. The van der Waals surface area contributed by atoms with E-state index in [0.717, 1.165) is 60.9 Å². The van der Waals surface area contributed by atoms with Gasteiger partial charge in [-0.25, -0.2) is 0 Å². The first kappa shape index (κ1) is 29.8. The molecule has 10 aromatic rings. The SMILES string of the molecule is CC1(c2ccc3c(c2)oc2cccc(N(c4ccc(-c5ccccc5)cc4)c4cccc5oc6ccccc6c45)c23)c2ccccc2-c2ccccc21. The van der Waals surface area contributed by atoms with Crippen LogP contribution in [0.4, 0.5) is 17.1 Å². The molecule has 250 valence electrons. The highest BCUT2D eigenvalue weighted by atomic mass is 16.3. The lowest BCUT2D eigenvalue weighted by Gasteiger charge is -2.28. The van der Waals surface area contributed by atoms with Gasteiger partial charge in [0.25, 0.3) is 0 Å². The monoisotopic (exact) mass is 679 g/mol. The Morgan fingerprint density at radius 2 is 0.943 bits per heavy atom. The number of benzene rings is 8. The second-order valence-corrected chi connectivity index (χ2v) is 14.2. The summed E-state index contributed by atoms with van der Waals surface area (Å²) in [5.41, 5.74) is 15.1. The first-order valence-corrected chi connectivity index (χ1v) is 18.2. The van der Waals surface area contributed by atoms with Crippen LogP contribution in [0.5, 0.6) is 0 Å². The molecule has 0 aliphatic heterocycles. The van der Waals surface area contributed by atoms with Crippen molar-refractivity contribution in [2.45, 2.75) is 12.3 Å². The summed E-state index contributed by atoms with van der Waals surface area (Å²) in [7, 11) is 0. The molecule has 0 fully saturated rings. The predicted octanol–water partition coefficient (Wildman–Crippen LogP) is 14.0. The van der Waals surface area contributed by atoms with Crippen LogP contribution < -0.4 is 4.90 Å². The Bertz CT molecular complexity index is 2980. The molecular formula is C50H33NO2. The predicted molar refractivity (Wildman–Crippen MR) is 219 cm³/mol. The second kappa shape index (κ2) is 11.3. The topological polar surface area (TPSA) is 29.5 Å². The first-order chi connectivity index (χ1) is 26.2. The molecule has 0 unspecified atom stereocenters. The van der Waals surface area contributed by atoms with Gasteiger partial charge in [0.2, 0.25) is 0 Å². The van der Waals surface area contributed by atoms with E-state index in [0.29, 0.717) is 0 Å². The molecular weight excluding hydrogens is 647 g/mol. The summed E-state index contributed by atoms with van der Waals surface area (Å²) in [5, 5.41) is 4.32. The number of fused-ring (bicyclic) bond motifs is 9. The van der Waals surface area contributed by atoms with Crippen molar-refractivity contribution in [3.8, 4) is 22.3 Å². The lowest BCUT2D eigenvalue weighted by atomic mass is 9.74. The molecule has 2 heterocycles. The van der Waals surface area contributed by atoms with Crippen molar-refractivity contribution < 1.29 is 8.83 Å². The molecule has 0 atom stereocenters. The summed E-state index contributed by atoms with van der Waals surface area (Å²) in [5.74, 6) is 0. The van der Waals surface area contributed by atoms with Crippen molar-refractivity contribution in [3.63, 3.8) is 0 Å². The Labute approximate surface area is 307 Å². The maximum absolute atomic E-state index is 6.81. The van der Waals surface area contributed by atoms with Crippen LogP contribution in [0.1, 0.15) is 23.6 Å². The summed E-state index contributed by atoms with van der Waals surface area (Å²) < 4.78 is 13.2. The summed E-state index contributed by atoms with van der Waals surface area (Å²) in [4.78, 5) is 2.37. The first-order valence-electron chi connectivity index (χ1n) is 18.2. The van der Waals surface area contributed by atoms with E-state index < -0.39 is 0 Å². The highest BCUT2D eigenvalue weighted by Crippen LogP contribution is 2.53. The molecule has 3 heteroatoms. The van der Waals surface area contributed by atoms with Crippen LogP contribution in [0.15, 0.2) is 191 Å². The number of hydrogen-bond acceptors (Lipinski definition) is 3. The minimum Gasteiger partial charge on any atom is -0.456 e. The van der Waals surface area contributed by atoms with Gasteiger partial charge in [-0.05, 0) is 94.4 Å². The Kier molecular flexibility index (Phi) is 6.38. The molecule has 1 aliphatic carbocycles. The third kappa shape index (κ3) is 4.34. The highest BCUT2D eigenvalue weighted by molar-refractivity contribution is 6.18.